The Morgan fingerprint density at radius 3 is 2.68 bits per heavy atom. The van der Waals surface area contributed by atoms with Gasteiger partial charge in [0.2, 0.25) is 15.9 Å². The number of rotatable bonds is 5. The van der Waals surface area contributed by atoms with Gasteiger partial charge in [-0.3, -0.25) is 4.79 Å². The number of sulfonamides is 1. The second-order valence-electron chi connectivity index (χ2n) is 5.44. The van der Waals surface area contributed by atoms with Crippen LogP contribution in [0.15, 0.2) is 32.0 Å². The molecule has 25 heavy (non-hydrogen) atoms. The molecular weight excluding hydrogens is 348 g/mol. The minimum absolute atomic E-state index is 0.0557. The van der Waals surface area contributed by atoms with Crippen molar-refractivity contribution in [1.82, 2.24) is 14.9 Å². The second kappa shape index (κ2) is 6.30. The van der Waals surface area contributed by atoms with Crippen molar-refractivity contribution in [3.8, 4) is 0 Å². The molecule has 2 heterocycles. The lowest BCUT2D eigenvalue weighted by Gasteiger charge is -2.07. The summed E-state index contributed by atoms with van der Waals surface area (Å²) < 4.78 is 36.9. The van der Waals surface area contributed by atoms with E-state index in [4.69, 9.17) is 8.94 Å². The van der Waals surface area contributed by atoms with Crippen molar-refractivity contribution in [2.45, 2.75) is 25.7 Å². The Balaban J connectivity index is 1.67. The molecule has 10 heteroatoms. The second-order valence-corrected chi connectivity index (χ2v) is 7.15. The molecule has 2 N–H and O–H groups in total. The lowest BCUT2D eigenvalue weighted by molar-refractivity contribution is -0.115. The van der Waals surface area contributed by atoms with E-state index in [0.29, 0.717) is 22.7 Å². The highest BCUT2D eigenvalue weighted by Crippen LogP contribution is 2.20. The molecule has 0 saturated carbocycles. The van der Waals surface area contributed by atoms with Crippen LogP contribution in [0.4, 0.5) is 5.69 Å². The number of carbonyl (C=O) groups excluding carboxylic acids is 1. The van der Waals surface area contributed by atoms with Crippen molar-refractivity contribution in [3.63, 3.8) is 0 Å². The predicted molar refractivity (Wildman–Crippen MR) is 88.5 cm³/mol. The number of anilines is 1. The van der Waals surface area contributed by atoms with Crippen LogP contribution in [-0.4, -0.2) is 31.0 Å². The number of amides is 1. The molecule has 0 aliphatic heterocycles. The lowest BCUT2D eigenvalue weighted by Crippen LogP contribution is -2.33. The molecule has 0 aliphatic rings. The SMILES string of the molecule is Cc1nc2cc(NC(=O)CNS(=O)(=O)c3c(C)noc3C)ccc2o1. The summed E-state index contributed by atoms with van der Waals surface area (Å²) in [6, 6.07) is 4.97. The largest absolute Gasteiger partial charge is 0.441 e. The van der Waals surface area contributed by atoms with Gasteiger partial charge in [0.05, 0.1) is 6.54 Å². The highest BCUT2D eigenvalue weighted by atomic mass is 32.2. The lowest BCUT2D eigenvalue weighted by atomic mass is 10.3. The predicted octanol–water partition coefficient (Wildman–Crippen LogP) is 1.66. The van der Waals surface area contributed by atoms with Gasteiger partial charge in [-0.05, 0) is 32.0 Å². The van der Waals surface area contributed by atoms with Crippen LogP contribution in [0.5, 0.6) is 0 Å². The first-order valence-electron chi connectivity index (χ1n) is 7.36. The van der Waals surface area contributed by atoms with Crippen LogP contribution in [-0.2, 0) is 14.8 Å². The third-order valence-corrected chi connectivity index (χ3v) is 5.08. The molecule has 3 rings (SSSR count). The van der Waals surface area contributed by atoms with Crippen molar-refractivity contribution in [3.05, 3.63) is 35.5 Å². The van der Waals surface area contributed by atoms with E-state index in [-0.39, 0.29) is 16.3 Å². The fourth-order valence-corrected chi connectivity index (χ4v) is 3.72. The van der Waals surface area contributed by atoms with Gasteiger partial charge in [0.15, 0.2) is 17.2 Å². The molecule has 3 aromatic rings. The van der Waals surface area contributed by atoms with Gasteiger partial charge in [-0.25, -0.2) is 18.1 Å². The molecule has 0 radical (unpaired) electrons. The Labute approximate surface area is 143 Å². The number of nitrogens with zero attached hydrogens (tertiary/aromatic N) is 2. The number of carbonyl (C=O) groups is 1. The quantitative estimate of drug-likeness (QED) is 0.704. The van der Waals surface area contributed by atoms with Crippen LogP contribution < -0.4 is 10.0 Å². The van der Waals surface area contributed by atoms with E-state index in [2.05, 4.69) is 20.2 Å². The van der Waals surface area contributed by atoms with E-state index in [1.807, 2.05) is 0 Å². The summed E-state index contributed by atoms with van der Waals surface area (Å²) in [6.45, 7) is 4.30. The molecule has 2 aromatic heterocycles. The number of aryl methyl sites for hydroxylation is 3. The summed E-state index contributed by atoms with van der Waals surface area (Å²) in [6.07, 6.45) is 0. The minimum Gasteiger partial charge on any atom is -0.441 e. The zero-order valence-corrected chi connectivity index (χ0v) is 14.6. The smallest absolute Gasteiger partial charge is 0.246 e. The number of fused-ring (bicyclic) bond motifs is 1. The molecule has 0 unspecified atom stereocenters. The fraction of sp³-hybridized carbons (Fsp3) is 0.267. The van der Waals surface area contributed by atoms with E-state index in [9.17, 15) is 13.2 Å². The summed E-state index contributed by atoms with van der Waals surface area (Å²) in [5, 5.41) is 6.20. The summed E-state index contributed by atoms with van der Waals surface area (Å²) in [5.41, 5.74) is 1.93. The maximum absolute atomic E-state index is 12.3. The molecule has 0 bridgehead atoms. The number of oxazole rings is 1. The number of benzene rings is 1. The average molecular weight is 364 g/mol. The van der Waals surface area contributed by atoms with Crippen LogP contribution in [0.2, 0.25) is 0 Å². The topological polar surface area (TPSA) is 127 Å². The average Bonchev–Trinajstić information content (AvgIpc) is 3.06. The van der Waals surface area contributed by atoms with Crippen molar-refractivity contribution < 1.29 is 22.2 Å². The highest BCUT2D eigenvalue weighted by Gasteiger charge is 2.24. The monoisotopic (exact) mass is 364 g/mol. The maximum atomic E-state index is 12.3. The van der Waals surface area contributed by atoms with Crippen LogP contribution in [0, 0.1) is 20.8 Å². The molecule has 0 aliphatic carbocycles. The van der Waals surface area contributed by atoms with Crippen molar-refractivity contribution in [2.24, 2.45) is 0 Å². The van der Waals surface area contributed by atoms with Gasteiger partial charge < -0.3 is 14.3 Å². The Morgan fingerprint density at radius 1 is 1.24 bits per heavy atom. The summed E-state index contributed by atoms with van der Waals surface area (Å²) in [7, 11) is -3.89. The Kier molecular flexibility index (Phi) is 4.31. The Hall–Kier alpha value is -2.72. The van der Waals surface area contributed by atoms with Gasteiger partial charge >= 0.3 is 0 Å². The number of hydrogen-bond acceptors (Lipinski definition) is 7. The summed E-state index contributed by atoms with van der Waals surface area (Å²) in [5.74, 6) is 0.165. The minimum atomic E-state index is -3.89. The van der Waals surface area contributed by atoms with E-state index >= 15 is 0 Å². The molecule has 0 spiro atoms. The van der Waals surface area contributed by atoms with Gasteiger partial charge in [0, 0.05) is 12.6 Å². The van der Waals surface area contributed by atoms with Crippen LogP contribution in [0.1, 0.15) is 17.3 Å². The fourth-order valence-electron chi connectivity index (χ4n) is 2.42. The first-order chi connectivity index (χ1) is 11.8. The molecule has 1 aromatic carbocycles. The summed E-state index contributed by atoms with van der Waals surface area (Å²) >= 11 is 0. The number of nitrogens with one attached hydrogen (secondary N) is 2. The van der Waals surface area contributed by atoms with E-state index in [1.54, 1.807) is 25.1 Å². The first kappa shape index (κ1) is 17.1. The van der Waals surface area contributed by atoms with Crippen molar-refractivity contribution in [1.29, 1.82) is 0 Å². The molecule has 0 fully saturated rings. The third kappa shape index (κ3) is 3.54. The van der Waals surface area contributed by atoms with Crippen molar-refractivity contribution >= 4 is 32.7 Å². The van der Waals surface area contributed by atoms with Gasteiger partial charge in [-0.2, -0.15) is 0 Å². The Morgan fingerprint density at radius 2 is 2.00 bits per heavy atom. The molecule has 0 atom stereocenters. The molecule has 0 saturated heterocycles. The van der Waals surface area contributed by atoms with Crippen LogP contribution >= 0.6 is 0 Å². The first-order valence-corrected chi connectivity index (χ1v) is 8.84. The number of aromatic nitrogens is 2. The van der Waals surface area contributed by atoms with E-state index < -0.39 is 22.5 Å². The van der Waals surface area contributed by atoms with Crippen molar-refractivity contribution in [2.75, 3.05) is 11.9 Å². The zero-order chi connectivity index (χ0) is 18.2. The summed E-state index contributed by atoms with van der Waals surface area (Å²) in [4.78, 5) is 16.1. The van der Waals surface area contributed by atoms with Gasteiger partial charge in [-0.1, -0.05) is 5.16 Å². The van der Waals surface area contributed by atoms with Gasteiger partial charge in [0.1, 0.15) is 16.1 Å². The maximum Gasteiger partial charge on any atom is 0.246 e. The molecular formula is C15H16N4O5S. The molecule has 9 nitrogen and oxygen atoms in total. The van der Waals surface area contributed by atoms with E-state index in [0.717, 1.165) is 0 Å². The zero-order valence-electron chi connectivity index (χ0n) is 13.8. The normalized spacial score (nSPS) is 11.8. The molecule has 132 valence electrons. The molecule has 1 amide bonds. The number of hydrogen-bond donors (Lipinski definition) is 2. The van der Waals surface area contributed by atoms with Gasteiger partial charge in [-0.15, -0.1) is 0 Å². The highest BCUT2D eigenvalue weighted by molar-refractivity contribution is 7.89. The Bertz CT molecular complexity index is 1030. The van der Waals surface area contributed by atoms with Crippen LogP contribution in [0.3, 0.4) is 0 Å². The third-order valence-electron chi connectivity index (χ3n) is 3.44. The standard InChI is InChI=1S/C15H16N4O5S/c1-8-15(9(2)24-19-8)25(21,22)16-7-14(20)18-11-4-5-13-12(6-11)17-10(3)23-13/h4-6,16H,7H2,1-3H3,(H,18,20). The van der Waals surface area contributed by atoms with Crippen LogP contribution in [0.25, 0.3) is 11.1 Å². The van der Waals surface area contributed by atoms with E-state index in [1.165, 1.54) is 13.8 Å². The van der Waals surface area contributed by atoms with Gasteiger partial charge in [0.25, 0.3) is 0 Å².